The second-order valence-electron chi connectivity index (χ2n) is 6.15. The van der Waals surface area contributed by atoms with Crippen LogP contribution in [-0.4, -0.2) is 47.2 Å². The summed E-state index contributed by atoms with van der Waals surface area (Å²) in [5.41, 5.74) is -1.03. The van der Waals surface area contributed by atoms with Crippen LogP contribution >= 0.6 is 0 Å². The topological polar surface area (TPSA) is 66.8 Å². The van der Waals surface area contributed by atoms with Gasteiger partial charge in [0.1, 0.15) is 6.61 Å². The largest absolute Gasteiger partial charge is 0.481 e. The molecule has 18 heavy (non-hydrogen) atoms. The van der Waals surface area contributed by atoms with Gasteiger partial charge in [-0.2, -0.15) is 0 Å². The number of carbonyl (C=O) groups excluding carboxylic acids is 1. The van der Waals surface area contributed by atoms with Crippen LogP contribution in [0, 0.1) is 5.41 Å². The molecule has 1 amide bonds. The van der Waals surface area contributed by atoms with Crippen LogP contribution in [0.2, 0.25) is 0 Å². The standard InChI is InChI=1S/C13H23NO4/c1-12(2,3)18-9-10(15)14-7-5-13(4,6-8-14)11(16)17/h5-9H2,1-4H3,(H,16,17). The van der Waals surface area contributed by atoms with Gasteiger partial charge >= 0.3 is 5.97 Å². The first-order chi connectivity index (χ1) is 8.14. The molecule has 0 bridgehead atoms. The van der Waals surface area contributed by atoms with Gasteiger partial charge in [0.05, 0.1) is 11.0 Å². The zero-order valence-corrected chi connectivity index (χ0v) is 11.7. The van der Waals surface area contributed by atoms with Crippen molar-refractivity contribution in [3.63, 3.8) is 0 Å². The van der Waals surface area contributed by atoms with Gasteiger partial charge < -0.3 is 14.7 Å². The Kier molecular flexibility index (Phi) is 4.37. The maximum Gasteiger partial charge on any atom is 0.309 e. The molecular weight excluding hydrogens is 234 g/mol. The van der Waals surface area contributed by atoms with E-state index in [1.54, 1.807) is 11.8 Å². The molecule has 0 aromatic heterocycles. The lowest BCUT2D eigenvalue weighted by Crippen LogP contribution is -2.46. The van der Waals surface area contributed by atoms with Crippen LogP contribution in [0.15, 0.2) is 0 Å². The molecule has 0 aliphatic carbocycles. The molecule has 0 saturated carbocycles. The van der Waals surface area contributed by atoms with Crippen LogP contribution < -0.4 is 0 Å². The molecule has 1 N–H and O–H groups in total. The van der Waals surface area contributed by atoms with Crippen LogP contribution in [-0.2, 0) is 14.3 Å². The van der Waals surface area contributed by atoms with Crippen molar-refractivity contribution in [2.24, 2.45) is 5.41 Å². The summed E-state index contributed by atoms with van der Waals surface area (Å²) >= 11 is 0. The Bertz CT molecular complexity index is 324. The van der Waals surface area contributed by atoms with Gasteiger partial charge in [0, 0.05) is 13.1 Å². The Labute approximate surface area is 108 Å². The van der Waals surface area contributed by atoms with Gasteiger partial charge in [-0.15, -0.1) is 0 Å². The van der Waals surface area contributed by atoms with Crippen molar-refractivity contribution in [1.29, 1.82) is 0 Å². The Hall–Kier alpha value is -1.10. The van der Waals surface area contributed by atoms with Gasteiger partial charge in [0.15, 0.2) is 0 Å². The fraction of sp³-hybridized carbons (Fsp3) is 0.846. The quantitative estimate of drug-likeness (QED) is 0.832. The lowest BCUT2D eigenvalue weighted by atomic mass is 9.80. The van der Waals surface area contributed by atoms with E-state index in [4.69, 9.17) is 9.84 Å². The molecule has 5 heteroatoms. The van der Waals surface area contributed by atoms with Gasteiger partial charge in [-0.05, 0) is 40.5 Å². The molecule has 1 heterocycles. The number of aliphatic carboxylic acids is 1. The van der Waals surface area contributed by atoms with E-state index in [2.05, 4.69) is 0 Å². The number of rotatable bonds is 3. The number of hydrogen-bond donors (Lipinski definition) is 1. The van der Waals surface area contributed by atoms with Crippen LogP contribution in [0.25, 0.3) is 0 Å². The Morgan fingerprint density at radius 3 is 2.17 bits per heavy atom. The third kappa shape index (κ3) is 3.98. The smallest absolute Gasteiger partial charge is 0.309 e. The van der Waals surface area contributed by atoms with Gasteiger partial charge in [-0.25, -0.2) is 0 Å². The highest BCUT2D eigenvalue weighted by Crippen LogP contribution is 2.31. The van der Waals surface area contributed by atoms with E-state index in [0.29, 0.717) is 25.9 Å². The summed E-state index contributed by atoms with van der Waals surface area (Å²) in [4.78, 5) is 24.7. The Balaban J connectivity index is 2.43. The molecule has 0 spiro atoms. The molecule has 0 unspecified atom stereocenters. The van der Waals surface area contributed by atoms with Crippen molar-refractivity contribution in [3.8, 4) is 0 Å². The zero-order valence-electron chi connectivity index (χ0n) is 11.7. The number of carboxylic acid groups (broad SMARTS) is 1. The highest BCUT2D eigenvalue weighted by molar-refractivity contribution is 5.79. The van der Waals surface area contributed by atoms with Crippen molar-refractivity contribution >= 4 is 11.9 Å². The highest BCUT2D eigenvalue weighted by atomic mass is 16.5. The molecule has 1 rings (SSSR count). The number of carboxylic acids is 1. The minimum atomic E-state index is -0.777. The number of amides is 1. The first-order valence-electron chi connectivity index (χ1n) is 6.29. The van der Waals surface area contributed by atoms with Gasteiger partial charge in [-0.1, -0.05) is 0 Å². The molecule has 1 aliphatic rings. The normalized spacial score (nSPS) is 19.7. The molecule has 1 aliphatic heterocycles. The van der Waals surface area contributed by atoms with E-state index >= 15 is 0 Å². The lowest BCUT2D eigenvalue weighted by molar-refractivity contribution is -0.154. The van der Waals surface area contributed by atoms with Gasteiger partial charge in [0.2, 0.25) is 5.91 Å². The summed E-state index contributed by atoms with van der Waals surface area (Å²) < 4.78 is 5.44. The lowest BCUT2D eigenvalue weighted by Gasteiger charge is -2.36. The maximum atomic E-state index is 11.9. The number of piperidine rings is 1. The summed E-state index contributed by atoms with van der Waals surface area (Å²) in [5, 5.41) is 9.10. The molecule has 0 atom stereocenters. The van der Waals surface area contributed by atoms with E-state index in [1.807, 2.05) is 20.8 Å². The van der Waals surface area contributed by atoms with E-state index in [0.717, 1.165) is 0 Å². The molecule has 5 nitrogen and oxygen atoms in total. The monoisotopic (exact) mass is 257 g/mol. The minimum absolute atomic E-state index is 0.0580. The van der Waals surface area contributed by atoms with E-state index in [9.17, 15) is 9.59 Å². The predicted molar refractivity (Wildman–Crippen MR) is 67.3 cm³/mol. The van der Waals surface area contributed by atoms with Crippen molar-refractivity contribution in [1.82, 2.24) is 4.90 Å². The second kappa shape index (κ2) is 5.26. The zero-order chi connectivity index (χ0) is 14.0. The minimum Gasteiger partial charge on any atom is -0.481 e. The molecular formula is C13H23NO4. The van der Waals surface area contributed by atoms with Gasteiger partial charge in [0.25, 0.3) is 0 Å². The second-order valence-corrected chi connectivity index (χ2v) is 6.15. The average molecular weight is 257 g/mol. The summed E-state index contributed by atoms with van der Waals surface area (Å²) in [6, 6.07) is 0. The summed E-state index contributed by atoms with van der Waals surface area (Å²) in [5.74, 6) is -0.835. The third-order valence-electron chi connectivity index (χ3n) is 3.36. The number of likely N-dealkylation sites (tertiary alicyclic amines) is 1. The number of ether oxygens (including phenoxy) is 1. The average Bonchev–Trinajstić information content (AvgIpc) is 2.26. The molecule has 1 saturated heterocycles. The predicted octanol–water partition coefficient (Wildman–Crippen LogP) is 1.51. The molecule has 0 aromatic carbocycles. The molecule has 104 valence electrons. The molecule has 0 radical (unpaired) electrons. The SMILES string of the molecule is CC(C)(C)OCC(=O)N1CCC(C)(C(=O)O)CC1. The van der Waals surface area contributed by atoms with Crippen molar-refractivity contribution < 1.29 is 19.4 Å². The highest BCUT2D eigenvalue weighted by Gasteiger charge is 2.38. The summed E-state index contributed by atoms with van der Waals surface area (Å²) in [7, 11) is 0. The van der Waals surface area contributed by atoms with E-state index in [1.165, 1.54) is 0 Å². The number of carbonyl (C=O) groups is 2. The van der Waals surface area contributed by atoms with Crippen molar-refractivity contribution in [2.75, 3.05) is 19.7 Å². The maximum absolute atomic E-state index is 11.9. The van der Waals surface area contributed by atoms with Gasteiger partial charge in [-0.3, -0.25) is 9.59 Å². The summed E-state index contributed by atoms with van der Waals surface area (Å²) in [6.45, 7) is 8.49. The Morgan fingerprint density at radius 1 is 1.28 bits per heavy atom. The number of nitrogens with zero attached hydrogens (tertiary/aromatic N) is 1. The van der Waals surface area contributed by atoms with E-state index in [-0.39, 0.29) is 18.1 Å². The molecule has 1 fully saturated rings. The van der Waals surface area contributed by atoms with Crippen LogP contribution in [0.1, 0.15) is 40.5 Å². The van der Waals surface area contributed by atoms with E-state index < -0.39 is 11.4 Å². The first kappa shape index (κ1) is 15.0. The van der Waals surface area contributed by atoms with Crippen LogP contribution in [0.4, 0.5) is 0 Å². The molecule has 0 aromatic rings. The van der Waals surface area contributed by atoms with Crippen molar-refractivity contribution in [3.05, 3.63) is 0 Å². The summed E-state index contributed by atoms with van der Waals surface area (Å²) in [6.07, 6.45) is 1.01. The van der Waals surface area contributed by atoms with Crippen LogP contribution in [0.3, 0.4) is 0 Å². The fourth-order valence-electron chi connectivity index (χ4n) is 1.83. The number of hydrogen-bond acceptors (Lipinski definition) is 3. The Morgan fingerprint density at radius 2 is 1.78 bits per heavy atom. The van der Waals surface area contributed by atoms with Crippen molar-refractivity contribution in [2.45, 2.75) is 46.1 Å². The first-order valence-corrected chi connectivity index (χ1v) is 6.29. The third-order valence-corrected chi connectivity index (χ3v) is 3.36. The fourth-order valence-corrected chi connectivity index (χ4v) is 1.83. The van der Waals surface area contributed by atoms with Crippen LogP contribution in [0.5, 0.6) is 0 Å².